The van der Waals surface area contributed by atoms with Crippen LogP contribution in [0.5, 0.6) is 0 Å². The Kier molecular flexibility index (Phi) is 7.61. The second-order valence-electron chi connectivity index (χ2n) is 7.17. The van der Waals surface area contributed by atoms with E-state index in [1.54, 1.807) is 6.07 Å². The van der Waals surface area contributed by atoms with E-state index in [0.29, 0.717) is 12.0 Å². The van der Waals surface area contributed by atoms with Crippen molar-refractivity contribution in [3.63, 3.8) is 0 Å². The van der Waals surface area contributed by atoms with E-state index in [4.69, 9.17) is 4.74 Å². The van der Waals surface area contributed by atoms with Gasteiger partial charge in [0.05, 0.1) is 5.56 Å². The zero-order valence-corrected chi connectivity index (χ0v) is 15.5. The third-order valence-corrected chi connectivity index (χ3v) is 3.32. The quantitative estimate of drug-likeness (QED) is 0.630. The molecule has 0 bridgehead atoms. The van der Waals surface area contributed by atoms with Crippen molar-refractivity contribution in [2.24, 2.45) is 5.92 Å². The fourth-order valence-corrected chi connectivity index (χ4v) is 2.22. The molecule has 138 valence electrons. The molecule has 0 saturated heterocycles. The first-order valence-corrected chi connectivity index (χ1v) is 8.35. The summed E-state index contributed by atoms with van der Waals surface area (Å²) in [5.41, 5.74) is 3.10. The first kappa shape index (κ1) is 20.7. The fourth-order valence-electron chi connectivity index (χ4n) is 2.22. The van der Waals surface area contributed by atoms with Gasteiger partial charge in [-0.05, 0) is 57.2 Å². The lowest BCUT2D eigenvalue weighted by atomic mass is 9.95. The highest BCUT2D eigenvalue weighted by Gasteiger charge is 2.18. The average Bonchev–Trinajstić information content (AvgIpc) is 2.49. The molecule has 1 N–H and O–H groups in total. The largest absolute Gasteiger partial charge is 0.456 e. The highest BCUT2D eigenvalue weighted by Crippen LogP contribution is 2.17. The minimum absolute atomic E-state index is 0.233. The minimum atomic E-state index is -0.555. The number of carbonyl (C=O) groups is 3. The number of esters is 1. The van der Waals surface area contributed by atoms with Gasteiger partial charge in [-0.15, -0.1) is 0 Å². The summed E-state index contributed by atoms with van der Waals surface area (Å²) in [4.78, 5) is 38.7. The molecule has 1 unspecified atom stereocenters. The van der Waals surface area contributed by atoms with Gasteiger partial charge in [-0.25, -0.2) is 4.79 Å². The molecule has 0 saturated carbocycles. The highest BCUT2D eigenvalue weighted by molar-refractivity contribution is 5.89. The molecule has 6 heteroatoms. The molecule has 6 nitrogen and oxygen atoms in total. The van der Waals surface area contributed by atoms with Crippen LogP contribution in [-0.4, -0.2) is 23.4 Å². The highest BCUT2D eigenvalue weighted by atomic mass is 16.7. The van der Waals surface area contributed by atoms with Crippen molar-refractivity contribution in [1.29, 1.82) is 0 Å². The number of hydrogen-bond donors (Lipinski definition) is 1. The van der Waals surface area contributed by atoms with Crippen LogP contribution in [0.3, 0.4) is 0 Å². The van der Waals surface area contributed by atoms with E-state index in [-0.39, 0.29) is 24.2 Å². The normalized spacial score (nSPS) is 12.2. The Balaban J connectivity index is 2.53. The van der Waals surface area contributed by atoms with Crippen molar-refractivity contribution in [2.75, 3.05) is 0 Å². The Morgan fingerprint density at radius 3 is 2.48 bits per heavy atom. The van der Waals surface area contributed by atoms with Gasteiger partial charge >= 0.3 is 11.9 Å². The maximum atomic E-state index is 12.1. The monoisotopic (exact) mass is 349 g/mol. The van der Waals surface area contributed by atoms with E-state index in [2.05, 4.69) is 10.3 Å². The summed E-state index contributed by atoms with van der Waals surface area (Å²) in [5.74, 6) is -0.996. The third-order valence-electron chi connectivity index (χ3n) is 3.32. The standard InChI is InChI=1S/C19H27NO5/c1-13(9-10-17(22)20-25-14(2)21)11-15-7-6-8-16(12-15)18(23)24-19(3,4)5/h6-8,12-13H,9-11H2,1-5H3,(H,20,22). The molecule has 0 spiro atoms. The van der Waals surface area contributed by atoms with Crippen LogP contribution in [0.4, 0.5) is 0 Å². The van der Waals surface area contributed by atoms with Crippen LogP contribution in [0.15, 0.2) is 24.3 Å². The molecule has 1 amide bonds. The Morgan fingerprint density at radius 1 is 1.20 bits per heavy atom. The Labute approximate surface area is 148 Å². The van der Waals surface area contributed by atoms with E-state index in [9.17, 15) is 14.4 Å². The number of hydroxylamine groups is 1. The van der Waals surface area contributed by atoms with Gasteiger partial charge < -0.3 is 9.57 Å². The molecule has 1 aromatic carbocycles. The zero-order chi connectivity index (χ0) is 19.0. The number of benzene rings is 1. The molecule has 1 rings (SSSR count). The molecule has 0 heterocycles. The number of carbonyl (C=O) groups excluding carboxylic acids is 3. The number of amides is 1. The maximum absolute atomic E-state index is 12.1. The Hall–Kier alpha value is -2.37. The van der Waals surface area contributed by atoms with Gasteiger partial charge in [-0.1, -0.05) is 19.1 Å². The fraction of sp³-hybridized carbons (Fsp3) is 0.526. The molecule has 1 aromatic rings. The van der Waals surface area contributed by atoms with E-state index in [1.165, 1.54) is 6.92 Å². The summed E-state index contributed by atoms with van der Waals surface area (Å²) in [6.45, 7) is 8.74. The number of rotatable bonds is 6. The zero-order valence-electron chi connectivity index (χ0n) is 15.5. The average molecular weight is 349 g/mol. The molecule has 0 aliphatic heterocycles. The number of nitrogens with one attached hydrogen (secondary N) is 1. The van der Waals surface area contributed by atoms with Crippen LogP contribution < -0.4 is 5.48 Å². The van der Waals surface area contributed by atoms with Crippen molar-refractivity contribution in [3.8, 4) is 0 Å². The van der Waals surface area contributed by atoms with E-state index in [1.807, 2.05) is 45.9 Å². The summed E-state index contributed by atoms with van der Waals surface area (Å²) in [6.07, 6.45) is 1.64. The lowest BCUT2D eigenvalue weighted by molar-refractivity contribution is -0.156. The van der Waals surface area contributed by atoms with Gasteiger partial charge in [0.1, 0.15) is 5.60 Å². The molecular weight excluding hydrogens is 322 g/mol. The van der Waals surface area contributed by atoms with E-state index >= 15 is 0 Å². The molecule has 25 heavy (non-hydrogen) atoms. The maximum Gasteiger partial charge on any atom is 0.338 e. The van der Waals surface area contributed by atoms with Gasteiger partial charge in [0.25, 0.3) is 5.91 Å². The molecule has 0 fully saturated rings. The summed E-state index contributed by atoms with van der Waals surface area (Å²) in [5, 5.41) is 0. The first-order chi connectivity index (χ1) is 11.6. The molecule has 0 radical (unpaired) electrons. The Morgan fingerprint density at radius 2 is 1.88 bits per heavy atom. The summed E-state index contributed by atoms with van der Waals surface area (Å²) < 4.78 is 5.38. The van der Waals surface area contributed by atoms with Crippen LogP contribution >= 0.6 is 0 Å². The minimum Gasteiger partial charge on any atom is -0.456 e. The summed E-state index contributed by atoms with van der Waals surface area (Å²) >= 11 is 0. The van der Waals surface area contributed by atoms with E-state index in [0.717, 1.165) is 12.0 Å². The van der Waals surface area contributed by atoms with E-state index < -0.39 is 11.6 Å². The lowest BCUT2D eigenvalue weighted by Crippen LogP contribution is -2.26. The van der Waals surface area contributed by atoms with Gasteiger partial charge in [-0.3, -0.25) is 9.59 Å². The second kappa shape index (κ2) is 9.20. The van der Waals surface area contributed by atoms with Crippen molar-refractivity contribution >= 4 is 17.8 Å². The van der Waals surface area contributed by atoms with Gasteiger partial charge in [0.2, 0.25) is 0 Å². The van der Waals surface area contributed by atoms with Crippen LogP contribution in [0.25, 0.3) is 0 Å². The predicted octanol–water partition coefficient (Wildman–Crippen LogP) is 3.20. The number of ether oxygens (including phenoxy) is 1. The van der Waals surface area contributed by atoms with Crippen LogP contribution in [0, 0.1) is 5.92 Å². The SMILES string of the molecule is CC(=O)ONC(=O)CCC(C)Cc1cccc(C(=O)OC(C)(C)C)c1. The lowest BCUT2D eigenvalue weighted by Gasteiger charge is -2.19. The molecule has 1 atom stereocenters. The molecule has 0 aromatic heterocycles. The van der Waals surface area contributed by atoms with Gasteiger partial charge in [-0.2, -0.15) is 5.48 Å². The summed E-state index contributed by atoms with van der Waals surface area (Å²) in [6, 6.07) is 7.33. The van der Waals surface area contributed by atoms with Crippen LogP contribution in [0.2, 0.25) is 0 Å². The van der Waals surface area contributed by atoms with Gasteiger partial charge in [0, 0.05) is 13.3 Å². The van der Waals surface area contributed by atoms with Crippen LogP contribution in [0.1, 0.15) is 63.4 Å². The van der Waals surface area contributed by atoms with Crippen molar-refractivity contribution < 1.29 is 24.0 Å². The van der Waals surface area contributed by atoms with Crippen molar-refractivity contribution in [1.82, 2.24) is 5.48 Å². The summed E-state index contributed by atoms with van der Waals surface area (Å²) in [7, 11) is 0. The third kappa shape index (κ3) is 8.88. The van der Waals surface area contributed by atoms with Gasteiger partial charge in [0.15, 0.2) is 0 Å². The Bertz CT molecular complexity index is 618. The first-order valence-electron chi connectivity index (χ1n) is 8.35. The smallest absolute Gasteiger partial charge is 0.338 e. The van der Waals surface area contributed by atoms with Crippen molar-refractivity contribution in [3.05, 3.63) is 35.4 Å². The predicted molar refractivity (Wildman–Crippen MR) is 93.6 cm³/mol. The molecular formula is C19H27NO5. The molecule has 0 aliphatic carbocycles. The number of hydrogen-bond acceptors (Lipinski definition) is 5. The van der Waals surface area contributed by atoms with Crippen LogP contribution in [-0.2, 0) is 25.6 Å². The van der Waals surface area contributed by atoms with Crippen molar-refractivity contribution in [2.45, 2.75) is 59.5 Å². The topological polar surface area (TPSA) is 81.7 Å². The second-order valence-corrected chi connectivity index (χ2v) is 7.17. The molecule has 0 aliphatic rings.